The van der Waals surface area contributed by atoms with E-state index in [9.17, 15) is 0 Å². The smallest absolute Gasteiger partial charge is 0.248 e. The maximum atomic E-state index is 4.72. The number of hydrogen-bond donors (Lipinski definition) is 0. The molecule has 0 spiro atoms. The Balaban J connectivity index is 0.000000367. The second-order valence-corrected chi connectivity index (χ2v) is 9.25. The molecule has 5 aromatic rings. The molecule has 5 heterocycles. The Morgan fingerprint density at radius 2 is 1.10 bits per heavy atom. The first-order valence-corrected chi connectivity index (χ1v) is 14.3. The molecular formula is C29H32Br4N8. The third kappa shape index (κ3) is 12.6. The van der Waals surface area contributed by atoms with E-state index in [1.807, 2.05) is 89.2 Å². The molecule has 5 aromatic heterocycles. The molecular weight excluding hydrogens is 780 g/mol. The fraction of sp³-hybridized carbons (Fsp3) is 0.138. The number of hydrogen-bond acceptors (Lipinski definition) is 3. The Hall–Kier alpha value is -2.93. The van der Waals surface area contributed by atoms with Gasteiger partial charge in [-0.25, -0.2) is 28.2 Å². The summed E-state index contributed by atoms with van der Waals surface area (Å²) in [5.74, 6) is 0. The summed E-state index contributed by atoms with van der Waals surface area (Å²) < 4.78 is 9.76. The number of aromatic nitrogens is 8. The third-order valence-electron chi connectivity index (χ3n) is 5.27. The van der Waals surface area contributed by atoms with Crippen molar-refractivity contribution in [3.8, 4) is 0 Å². The molecule has 41 heavy (non-hydrogen) atoms. The van der Waals surface area contributed by atoms with Crippen molar-refractivity contribution < 1.29 is 43.1 Å². The lowest BCUT2D eigenvalue weighted by atomic mass is 10.3. The molecule has 8 nitrogen and oxygen atoms in total. The van der Waals surface area contributed by atoms with Crippen molar-refractivity contribution in [3.63, 3.8) is 0 Å². The van der Waals surface area contributed by atoms with Crippen molar-refractivity contribution in [1.29, 1.82) is 0 Å². The highest BCUT2D eigenvalue weighted by Crippen LogP contribution is 2.06. The summed E-state index contributed by atoms with van der Waals surface area (Å²) in [7, 11) is 0. The van der Waals surface area contributed by atoms with Gasteiger partial charge in [0.15, 0.2) is 0 Å². The van der Waals surface area contributed by atoms with Crippen LogP contribution in [-0.4, -0.2) is 28.7 Å². The number of halogens is 4. The molecule has 0 aromatic carbocycles. The molecule has 0 saturated heterocycles. The van der Waals surface area contributed by atoms with Crippen LogP contribution in [-0.2, 0) is 23.7 Å². The standard InChI is InChI=1S/C17H19N5.C7H7Br2N.C5H6N2.2BrH/c1-3-19-8-10-21(14-19)12-16-6-5-7-17(18-16)13-22-11-9-20(4-2)15-22;8-4-6-2-1-3-7(5-9)10-6;1-2-7-4-3-6-5-7;;/h3-11,14-15H,1-2,12-13H2;1-3H,4-5H2;2-5H,1H2;2*1H/q+2;;;;/p-2. The van der Waals surface area contributed by atoms with Gasteiger partial charge in [0, 0.05) is 29.3 Å². The molecule has 0 fully saturated rings. The lowest BCUT2D eigenvalue weighted by Crippen LogP contribution is -3.00. The van der Waals surface area contributed by atoms with Crippen LogP contribution in [0.4, 0.5) is 0 Å². The van der Waals surface area contributed by atoms with Crippen molar-refractivity contribution in [3.05, 3.63) is 135 Å². The molecule has 0 aliphatic rings. The predicted octanol–water partition coefficient (Wildman–Crippen LogP) is -0.580. The Morgan fingerprint density at radius 3 is 1.44 bits per heavy atom. The molecule has 0 bridgehead atoms. The Labute approximate surface area is 279 Å². The molecule has 12 heteroatoms. The van der Waals surface area contributed by atoms with Crippen LogP contribution in [0, 0.1) is 0 Å². The van der Waals surface area contributed by atoms with E-state index in [-0.39, 0.29) is 34.0 Å². The highest BCUT2D eigenvalue weighted by Gasteiger charge is 2.07. The minimum absolute atomic E-state index is 0. The van der Waals surface area contributed by atoms with Crippen molar-refractivity contribution in [2.24, 2.45) is 0 Å². The zero-order valence-electron chi connectivity index (χ0n) is 22.4. The van der Waals surface area contributed by atoms with Crippen LogP contribution in [0.25, 0.3) is 18.6 Å². The van der Waals surface area contributed by atoms with Gasteiger partial charge in [0.2, 0.25) is 12.7 Å². The average Bonchev–Trinajstić information content (AvgIpc) is 3.76. The molecule has 216 valence electrons. The van der Waals surface area contributed by atoms with Gasteiger partial charge < -0.3 is 38.5 Å². The Bertz CT molecular complexity index is 1380. The van der Waals surface area contributed by atoms with E-state index in [1.54, 1.807) is 35.7 Å². The second-order valence-electron chi connectivity index (χ2n) is 8.13. The van der Waals surface area contributed by atoms with Gasteiger partial charge in [-0.3, -0.25) is 4.98 Å². The van der Waals surface area contributed by atoms with Gasteiger partial charge in [-0.1, -0.05) is 63.7 Å². The largest absolute Gasteiger partial charge is 1.00 e. The fourth-order valence-electron chi connectivity index (χ4n) is 3.36. The summed E-state index contributed by atoms with van der Waals surface area (Å²) in [6.45, 7) is 12.5. The van der Waals surface area contributed by atoms with Crippen LogP contribution < -0.4 is 43.1 Å². The molecule has 0 atom stereocenters. The molecule has 5 rings (SSSR count). The van der Waals surface area contributed by atoms with E-state index >= 15 is 0 Å². The second kappa shape index (κ2) is 20.0. The van der Waals surface area contributed by atoms with Gasteiger partial charge in [-0.05, 0) is 24.3 Å². The number of imidazole rings is 3. The molecule has 0 aliphatic carbocycles. The summed E-state index contributed by atoms with van der Waals surface area (Å²) in [5.41, 5.74) is 4.23. The van der Waals surface area contributed by atoms with Crippen LogP contribution >= 0.6 is 31.9 Å². The van der Waals surface area contributed by atoms with Crippen LogP contribution in [0.15, 0.2) is 112 Å². The first-order valence-electron chi connectivity index (χ1n) is 12.1. The van der Waals surface area contributed by atoms with E-state index in [1.165, 1.54) is 0 Å². The molecule has 0 unspecified atom stereocenters. The minimum Gasteiger partial charge on any atom is -1.00 e. The zero-order chi connectivity index (χ0) is 27.9. The van der Waals surface area contributed by atoms with E-state index < -0.39 is 0 Å². The molecule has 0 saturated carbocycles. The van der Waals surface area contributed by atoms with E-state index in [0.717, 1.165) is 46.5 Å². The van der Waals surface area contributed by atoms with Gasteiger partial charge in [0.05, 0.1) is 41.5 Å². The van der Waals surface area contributed by atoms with Gasteiger partial charge in [-0.2, -0.15) is 0 Å². The van der Waals surface area contributed by atoms with E-state index in [4.69, 9.17) is 4.98 Å². The maximum Gasteiger partial charge on any atom is 0.248 e. The first-order chi connectivity index (χ1) is 19.1. The zero-order valence-corrected chi connectivity index (χ0v) is 28.8. The first kappa shape index (κ1) is 36.1. The predicted molar refractivity (Wildman–Crippen MR) is 163 cm³/mol. The molecule has 0 amide bonds. The Morgan fingerprint density at radius 1 is 0.659 bits per heavy atom. The summed E-state index contributed by atoms with van der Waals surface area (Å²) in [6.07, 6.45) is 22.4. The van der Waals surface area contributed by atoms with Crippen LogP contribution in [0.2, 0.25) is 0 Å². The highest BCUT2D eigenvalue weighted by molar-refractivity contribution is 9.08. The summed E-state index contributed by atoms with van der Waals surface area (Å²) >= 11 is 6.69. The molecule has 0 aliphatic heterocycles. The monoisotopic (exact) mass is 808 g/mol. The quantitative estimate of drug-likeness (QED) is 0.148. The number of pyridine rings is 2. The fourth-order valence-corrected chi connectivity index (χ4v) is 3.98. The normalized spacial score (nSPS) is 9.51. The number of nitrogens with zero attached hydrogens (tertiary/aromatic N) is 8. The van der Waals surface area contributed by atoms with E-state index in [2.05, 4.69) is 70.7 Å². The lowest BCUT2D eigenvalue weighted by molar-refractivity contribution is -0.689. The van der Waals surface area contributed by atoms with Crippen molar-refractivity contribution >= 4 is 50.5 Å². The van der Waals surface area contributed by atoms with Gasteiger partial charge >= 0.3 is 0 Å². The summed E-state index contributed by atoms with van der Waals surface area (Å²) in [6, 6.07) is 12.2. The topological polar surface area (TPSA) is 61.2 Å². The maximum absolute atomic E-state index is 4.72. The van der Waals surface area contributed by atoms with Crippen LogP contribution in [0.3, 0.4) is 0 Å². The third-order valence-corrected chi connectivity index (χ3v) is 6.42. The lowest BCUT2D eigenvalue weighted by Gasteiger charge is -2.01. The summed E-state index contributed by atoms with van der Waals surface area (Å²) in [4.78, 5) is 12.8. The number of rotatable bonds is 9. The van der Waals surface area contributed by atoms with Crippen molar-refractivity contribution in [1.82, 2.24) is 28.7 Å². The molecule has 0 radical (unpaired) electrons. The Kier molecular flexibility index (Phi) is 17.6. The van der Waals surface area contributed by atoms with Gasteiger partial charge in [0.1, 0.15) is 37.9 Å². The minimum atomic E-state index is 0. The number of alkyl halides is 2. The van der Waals surface area contributed by atoms with Crippen LogP contribution in [0.1, 0.15) is 22.8 Å². The highest BCUT2D eigenvalue weighted by atomic mass is 79.9. The van der Waals surface area contributed by atoms with Crippen LogP contribution in [0.5, 0.6) is 0 Å². The SMILES string of the molecule is BrCc1cccc(CBr)n1.C=Cn1cc[n+](Cc2cccc(C[n+]3ccn(C=C)c3)n2)c1.C=Cn1ccnc1.[Br-].[Br-]. The van der Waals surface area contributed by atoms with Crippen molar-refractivity contribution in [2.75, 3.05) is 0 Å². The average molecular weight is 812 g/mol. The summed E-state index contributed by atoms with van der Waals surface area (Å²) in [5, 5.41) is 1.65. The van der Waals surface area contributed by atoms with Gasteiger partial charge in [-0.15, -0.1) is 0 Å². The van der Waals surface area contributed by atoms with E-state index in [0.29, 0.717) is 0 Å². The molecule has 0 N–H and O–H groups in total. The van der Waals surface area contributed by atoms with Crippen molar-refractivity contribution in [2.45, 2.75) is 23.7 Å². The van der Waals surface area contributed by atoms with Gasteiger partial charge in [0.25, 0.3) is 0 Å².